The Kier molecular flexibility index (Phi) is 9.83. The zero-order valence-corrected chi connectivity index (χ0v) is 30.8. The summed E-state index contributed by atoms with van der Waals surface area (Å²) in [6.45, 7) is 17.5. The van der Waals surface area contributed by atoms with Crippen molar-refractivity contribution in [1.29, 1.82) is 0 Å². The summed E-state index contributed by atoms with van der Waals surface area (Å²) < 4.78 is 21.2. The molecule has 9 nitrogen and oxygen atoms in total. The standard InChI is InChI=1S/C37H56N4O5Si/c1-25-11-14-29-31(41(25)35(42)27-12-13-27)16-15-30(33(29)45-28-9-8-10-28)34-38-23-32(40(34)24-44-21-22-47(5,6)7)26-17-19-39(20-18-26)36(43)46-37(2,3)4/h15-16,23,25-28H,8-14,17-22,24H2,1-7H3/t25-/m0/s1. The molecule has 0 spiro atoms. The van der Waals surface area contributed by atoms with Gasteiger partial charge in [0.15, 0.2) is 0 Å². The Morgan fingerprint density at radius 1 is 1.00 bits per heavy atom. The van der Waals surface area contributed by atoms with Crippen molar-refractivity contribution in [2.75, 3.05) is 24.6 Å². The number of imidazole rings is 1. The predicted octanol–water partition coefficient (Wildman–Crippen LogP) is 7.99. The second kappa shape index (κ2) is 13.6. The number of benzene rings is 1. The Morgan fingerprint density at radius 3 is 2.34 bits per heavy atom. The molecule has 2 amide bonds. The van der Waals surface area contributed by atoms with Crippen LogP contribution in [0.3, 0.4) is 0 Å². The number of likely N-dealkylation sites (tertiary alicyclic amines) is 1. The van der Waals surface area contributed by atoms with Gasteiger partial charge in [0.2, 0.25) is 5.91 Å². The van der Waals surface area contributed by atoms with Crippen molar-refractivity contribution in [1.82, 2.24) is 14.5 Å². The maximum absolute atomic E-state index is 13.5. The molecule has 6 rings (SSSR count). The minimum Gasteiger partial charge on any atom is -0.489 e. The second-order valence-electron chi connectivity index (χ2n) is 16.5. The van der Waals surface area contributed by atoms with Crippen molar-refractivity contribution < 1.29 is 23.8 Å². The van der Waals surface area contributed by atoms with Crippen molar-refractivity contribution >= 4 is 25.8 Å². The number of rotatable bonds is 10. The summed E-state index contributed by atoms with van der Waals surface area (Å²) in [6.07, 6.45) is 10.7. The first-order valence-corrected chi connectivity index (χ1v) is 21.8. The van der Waals surface area contributed by atoms with Gasteiger partial charge in [-0.25, -0.2) is 9.78 Å². The molecule has 1 aromatic heterocycles. The number of hydrogen-bond donors (Lipinski definition) is 0. The highest BCUT2D eigenvalue weighted by atomic mass is 28.3. The lowest BCUT2D eigenvalue weighted by molar-refractivity contribution is -0.120. The minimum atomic E-state index is -1.26. The van der Waals surface area contributed by atoms with Crippen molar-refractivity contribution in [2.24, 2.45) is 5.92 Å². The molecule has 2 aliphatic heterocycles. The molecule has 0 radical (unpaired) electrons. The normalized spacial score (nSPS) is 21.0. The van der Waals surface area contributed by atoms with Crippen LogP contribution in [0.4, 0.5) is 10.5 Å². The third kappa shape index (κ3) is 7.90. The molecule has 1 atom stereocenters. The van der Waals surface area contributed by atoms with Gasteiger partial charge in [0.05, 0.1) is 17.4 Å². The number of piperidine rings is 1. The second-order valence-corrected chi connectivity index (χ2v) is 22.1. The summed E-state index contributed by atoms with van der Waals surface area (Å²) in [7, 11) is -1.26. The van der Waals surface area contributed by atoms with E-state index in [1.807, 2.05) is 31.9 Å². The average Bonchev–Trinajstić information content (AvgIpc) is 3.75. The third-order valence-corrected chi connectivity index (χ3v) is 11.9. The Labute approximate surface area is 282 Å². The fraction of sp³-hybridized carbons (Fsp3) is 0.703. The van der Waals surface area contributed by atoms with Crippen LogP contribution in [-0.2, 0) is 27.4 Å². The monoisotopic (exact) mass is 664 g/mol. The molecule has 0 unspecified atom stereocenters. The first-order chi connectivity index (χ1) is 22.3. The molecular weight excluding hydrogens is 609 g/mol. The van der Waals surface area contributed by atoms with Crippen LogP contribution in [-0.4, -0.2) is 72.0 Å². The fourth-order valence-corrected chi connectivity index (χ4v) is 7.67. The van der Waals surface area contributed by atoms with Gasteiger partial charge < -0.3 is 28.6 Å². The quantitative estimate of drug-likeness (QED) is 0.189. The number of carbonyl (C=O) groups excluding carboxylic acids is 2. The average molecular weight is 665 g/mol. The first kappa shape index (κ1) is 34.0. The number of carbonyl (C=O) groups is 2. The van der Waals surface area contributed by atoms with Gasteiger partial charge in [0.25, 0.3) is 0 Å². The summed E-state index contributed by atoms with van der Waals surface area (Å²) in [5, 5.41) is 0. The number of hydrogen-bond acceptors (Lipinski definition) is 6. The van der Waals surface area contributed by atoms with Gasteiger partial charge in [-0.3, -0.25) is 4.79 Å². The van der Waals surface area contributed by atoms with Gasteiger partial charge in [0.1, 0.15) is 23.9 Å². The van der Waals surface area contributed by atoms with Crippen LogP contribution in [0.1, 0.15) is 96.2 Å². The van der Waals surface area contributed by atoms with Gasteiger partial charge in [-0.2, -0.15) is 0 Å². The highest BCUT2D eigenvalue weighted by Crippen LogP contribution is 2.46. The molecule has 2 aromatic rings. The first-order valence-electron chi connectivity index (χ1n) is 18.1. The van der Waals surface area contributed by atoms with E-state index < -0.39 is 13.7 Å². The molecule has 4 aliphatic rings. The van der Waals surface area contributed by atoms with E-state index in [2.05, 4.69) is 48.2 Å². The van der Waals surface area contributed by atoms with Crippen molar-refractivity contribution in [2.45, 2.75) is 142 Å². The van der Waals surface area contributed by atoms with Crippen LogP contribution in [0.5, 0.6) is 5.75 Å². The van der Waals surface area contributed by atoms with Gasteiger partial charge >= 0.3 is 6.09 Å². The van der Waals surface area contributed by atoms with Gasteiger partial charge in [0, 0.05) is 63.1 Å². The lowest BCUT2D eigenvalue weighted by Gasteiger charge is -2.38. The largest absolute Gasteiger partial charge is 0.489 e. The summed E-state index contributed by atoms with van der Waals surface area (Å²) in [5.74, 6) is 2.43. The lowest BCUT2D eigenvalue weighted by Crippen LogP contribution is -2.43. The smallest absolute Gasteiger partial charge is 0.410 e. The third-order valence-electron chi connectivity index (χ3n) is 10.2. The molecule has 1 saturated heterocycles. The van der Waals surface area contributed by atoms with E-state index >= 15 is 0 Å². The van der Waals surface area contributed by atoms with Gasteiger partial charge in [-0.1, -0.05) is 19.6 Å². The fourth-order valence-electron chi connectivity index (χ4n) is 6.92. The molecule has 47 heavy (non-hydrogen) atoms. The number of aromatic nitrogens is 2. The maximum atomic E-state index is 13.5. The van der Waals surface area contributed by atoms with Gasteiger partial charge in [-0.15, -0.1) is 0 Å². The number of amides is 2. The lowest BCUT2D eigenvalue weighted by atomic mass is 9.91. The topological polar surface area (TPSA) is 86.1 Å². The van der Waals surface area contributed by atoms with E-state index in [-0.39, 0.29) is 36.0 Å². The number of nitrogens with zero attached hydrogens (tertiary/aromatic N) is 4. The Morgan fingerprint density at radius 2 is 1.72 bits per heavy atom. The van der Waals surface area contributed by atoms with Gasteiger partial charge in [-0.05, 0) is 104 Å². The Balaban J connectivity index is 1.33. The summed E-state index contributed by atoms with van der Waals surface area (Å²) in [6, 6.07) is 5.54. The van der Waals surface area contributed by atoms with E-state index in [0.717, 1.165) is 98.1 Å². The van der Waals surface area contributed by atoms with Crippen LogP contribution >= 0.6 is 0 Å². The van der Waals surface area contributed by atoms with Crippen molar-refractivity contribution in [3.63, 3.8) is 0 Å². The number of anilines is 1. The van der Waals surface area contributed by atoms with Crippen LogP contribution in [0, 0.1) is 5.92 Å². The molecule has 0 bridgehead atoms. The number of fused-ring (bicyclic) bond motifs is 1. The highest BCUT2D eigenvalue weighted by Gasteiger charge is 2.40. The van der Waals surface area contributed by atoms with Crippen LogP contribution in [0.2, 0.25) is 25.7 Å². The Hall–Kier alpha value is -2.85. The SMILES string of the molecule is C[C@H]1CCc2c(ccc(-c3ncc(C4CCN(C(=O)OC(C)(C)C)CC4)n3COCC[Si](C)(C)C)c2OC2CCC2)N1C(=O)C1CC1. The van der Waals surface area contributed by atoms with E-state index in [1.165, 1.54) is 6.42 Å². The van der Waals surface area contributed by atoms with E-state index in [1.54, 1.807) is 0 Å². The molecule has 3 fully saturated rings. The molecule has 0 N–H and O–H groups in total. The molecule has 10 heteroatoms. The summed E-state index contributed by atoms with van der Waals surface area (Å²) in [5.41, 5.74) is 3.77. The predicted molar refractivity (Wildman–Crippen MR) is 188 cm³/mol. The maximum Gasteiger partial charge on any atom is 0.410 e. The van der Waals surface area contributed by atoms with Crippen LogP contribution < -0.4 is 9.64 Å². The summed E-state index contributed by atoms with van der Waals surface area (Å²) >= 11 is 0. The molecule has 2 aliphatic carbocycles. The zero-order chi connectivity index (χ0) is 33.5. The minimum absolute atomic E-state index is 0.163. The molecule has 1 aromatic carbocycles. The van der Waals surface area contributed by atoms with E-state index in [9.17, 15) is 9.59 Å². The van der Waals surface area contributed by atoms with E-state index in [0.29, 0.717) is 19.8 Å². The van der Waals surface area contributed by atoms with E-state index in [4.69, 9.17) is 19.2 Å². The molecule has 3 heterocycles. The number of ether oxygens (including phenoxy) is 3. The molecule has 2 saturated carbocycles. The van der Waals surface area contributed by atoms with Crippen molar-refractivity contribution in [3.8, 4) is 17.1 Å². The molecular formula is C37H56N4O5Si. The Bertz CT molecular complexity index is 1440. The highest BCUT2D eigenvalue weighted by molar-refractivity contribution is 6.76. The summed E-state index contributed by atoms with van der Waals surface area (Å²) in [4.78, 5) is 35.3. The molecule has 258 valence electrons. The van der Waals surface area contributed by atoms with Crippen LogP contribution in [0.15, 0.2) is 18.3 Å². The zero-order valence-electron chi connectivity index (χ0n) is 29.8. The van der Waals surface area contributed by atoms with Crippen molar-refractivity contribution in [3.05, 3.63) is 29.6 Å². The van der Waals surface area contributed by atoms with Crippen LogP contribution in [0.25, 0.3) is 11.4 Å².